The van der Waals surface area contributed by atoms with Crippen molar-refractivity contribution >= 4 is 5.69 Å². The molecule has 3 heteroatoms. The van der Waals surface area contributed by atoms with E-state index in [1.54, 1.807) is 0 Å². The maximum absolute atomic E-state index is 4.15. The molecule has 0 aliphatic heterocycles. The number of hydrogen-bond acceptors (Lipinski definition) is 2. The van der Waals surface area contributed by atoms with Gasteiger partial charge in [-0.3, -0.25) is 4.68 Å². The average molecular weight is 229 g/mol. The summed E-state index contributed by atoms with van der Waals surface area (Å²) >= 11 is 0. The summed E-state index contributed by atoms with van der Waals surface area (Å²) in [7, 11) is 1.94. The van der Waals surface area contributed by atoms with Crippen molar-refractivity contribution in [3.05, 3.63) is 47.8 Å². The van der Waals surface area contributed by atoms with Gasteiger partial charge in [0.25, 0.3) is 0 Å². The predicted octanol–water partition coefficient (Wildman–Crippen LogP) is 2.64. The molecule has 17 heavy (non-hydrogen) atoms. The zero-order valence-electron chi connectivity index (χ0n) is 10.5. The summed E-state index contributed by atoms with van der Waals surface area (Å²) in [6, 6.07) is 8.63. The van der Waals surface area contributed by atoms with E-state index in [1.165, 1.54) is 16.8 Å². The largest absolute Gasteiger partial charge is 0.385 e. The van der Waals surface area contributed by atoms with Gasteiger partial charge in [0.05, 0.1) is 6.20 Å². The van der Waals surface area contributed by atoms with Crippen LogP contribution in [0, 0.1) is 0 Å². The Hall–Kier alpha value is -1.77. The van der Waals surface area contributed by atoms with Gasteiger partial charge in [0.1, 0.15) is 0 Å². The molecule has 1 heterocycles. The van der Waals surface area contributed by atoms with E-state index < -0.39 is 0 Å². The molecule has 0 radical (unpaired) electrons. The summed E-state index contributed by atoms with van der Waals surface area (Å²) in [6.07, 6.45) is 6.07. The normalized spacial score (nSPS) is 10.5. The van der Waals surface area contributed by atoms with Gasteiger partial charge in [-0.2, -0.15) is 5.10 Å². The molecule has 1 N–H and O–H groups in total. The van der Waals surface area contributed by atoms with Crippen LogP contribution in [0.2, 0.25) is 0 Å². The van der Waals surface area contributed by atoms with E-state index >= 15 is 0 Å². The fourth-order valence-electron chi connectivity index (χ4n) is 1.81. The van der Waals surface area contributed by atoms with Crippen LogP contribution in [-0.4, -0.2) is 16.3 Å². The molecule has 2 rings (SSSR count). The Labute approximate surface area is 102 Å². The molecule has 0 saturated carbocycles. The lowest BCUT2D eigenvalue weighted by Crippen LogP contribution is -2.04. The number of nitrogens with one attached hydrogen (secondary N) is 1. The van der Waals surface area contributed by atoms with Crippen molar-refractivity contribution in [2.24, 2.45) is 7.05 Å². The quantitative estimate of drug-likeness (QED) is 0.854. The second kappa shape index (κ2) is 5.53. The van der Waals surface area contributed by atoms with Gasteiger partial charge in [0.15, 0.2) is 0 Å². The highest BCUT2D eigenvalue weighted by Gasteiger charge is 1.96. The van der Waals surface area contributed by atoms with Crippen molar-refractivity contribution in [3.8, 4) is 0 Å². The van der Waals surface area contributed by atoms with Gasteiger partial charge in [-0.25, -0.2) is 0 Å². The summed E-state index contributed by atoms with van der Waals surface area (Å²) in [6.45, 7) is 3.11. The molecular weight excluding hydrogens is 210 g/mol. The third-order valence-corrected chi connectivity index (χ3v) is 2.86. The molecule has 0 amide bonds. The molecule has 0 unspecified atom stereocenters. The second-order valence-electron chi connectivity index (χ2n) is 4.25. The molecule has 1 aromatic heterocycles. The molecular formula is C14H19N3. The van der Waals surface area contributed by atoms with Crippen molar-refractivity contribution in [1.29, 1.82) is 0 Å². The number of rotatable bonds is 5. The fraction of sp³-hybridized carbons (Fsp3) is 0.357. The third kappa shape index (κ3) is 3.34. The topological polar surface area (TPSA) is 29.9 Å². The third-order valence-electron chi connectivity index (χ3n) is 2.86. The highest BCUT2D eigenvalue weighted by molar-refractivity contribution is 5.44. The number of hydrogen-bond donors (Lipinski definition) is 1. The van der Waals surface area contributed by atoms with Crippen molar-refractivity contribution in [2.45, 2.75) is 19.8 Å². The Morgan fingerprint density at radius 3 is 2.53 bits per heavy atom. The summed E-state index contributed by atoms with van der Waals surface area (Å²) < 4.78 is 1.84. The summed E-state index contributed by atoms with van der Waals surface area (Å²) in [5.74, 6) is 0. The average Bonchev–Trinajstić information content (AvgIpc) is 2.76. The smallest absolute Gasteiger partial charge is 0.0522 e. The van der Waals surface area contributed by atoms with Gasteiger partial charge >= 0.3 is 0 Å². The maximum Gasteiger partial charge on any atom is 0.0522 e. The summed E-state index contributed by atoms with van der Waals surface area (Å²) in [5, 5.41) is 7.57. The Bertz CT molecular complexity index is 457. The molecule has 0 aliphatic carbocycles. The Morgan fingerprint density at radius 1 is 1.18 bits per heavy atom. The minimum absolute atomic E-state index is 0.942. The molecule has 0 spiro atoms. The molecule has 0 bridgehead atoms. The Balaban J connectivity index is 1.81. The number of anilines is 1. The second-order valence-corrected chi connectivity index (χ2v) is 4.25. The van der Waals surface area contributed by atoms with Gasteiger partial charge in [-0.05, 0) is 36.1 Å². The lowest BCUT2D eigenvalue weighted by atomic mass is 10.1. The van der Waals surface area contributed by atoms with Crippen LogP contribution in [0.15, 0.2) is 36.7 Å². The molecule has 0 aliphatic rings. The number of aromatic nitrogens is 2. The standard InChI is InChI=1S/C14H19N3/c1-3-12-4-6-14(7-5-12)15-9-8-13-10-16-17(2)11-13/h4-7,10-11,15H,3,8-9H2,1-2H3. The lowest BCUT2D eigenvalue weighted by molar-refractivity contribution is 0.767. The first-order valence-corrected chi connectivity index (χ1v) is 6.08. The van der Waals surface area contributed by atoms with E-state index in [0.717, 1.165) is 19.4 Å². The molecule has 0 saturated heterocycles. The Morgan fingerprint density at radius 2 is 1.94 bits per heavy atom. The predicted molar refractivity (Wildman–Crippen MR) is 71.2 cm³/mol. The van der Waals surface area contributed by atoms with E-state index in [2.05, 4.69) is 47.8 Å². The molecule has 0 fully saturated rings. The molecule has 0 atom stereocenters. The van der Waals surface area contributed by atoms with Gasteiger partial charge in [-0.15, -0.1) is 0 Å². The zero-order valence-corrected chi connectivity index (χ0v) is 10.5. The summed E-state index contributed by atoms with van der Waals surface area (Å²) in [4.78, 5) is 0. The van der Waals surface area contributed by atoms with Gasteiger partial charge < -0.3 is 5.32 Å². The van der Waals surface area contributed by atoms with Crippen LogP contribution in [0.1, 0.15) is 18.1 Å². The molecule has 3 nitrogen and oxygen atoms in total. The van der Waals surface area contributed by atoms with E-state index in [1.807, 2.05) is 17.9 Å². The first-order valence-electron chi connectivity index (χ1n) is 6.08. The van der Waals surface area contributed by atoms with Crippen molar-refractivity contribution < 1.29 is 0 Å². The van der Waals surface area contributed by atoms with Crippen LogP contribution in [0.3, 0.4) is 0 Å². The Kier molecular flexibility index (Phi) is 3.81. The van der Waals surface area contributed by atoms with Crippen LogP contribution in [-0.2, 0) is 19.9 Å². The van der Waals surface area contributed by atoms with Gasteiger partial charge in [-0.1, -0.05) is 19.1 Å². The van der Waals surface area contributed by atoms with Gasteiger partial charge in [0.2, 0.25) is 0 Å². The highest BCUT2D eigenvalue weighted by Crippen LogP contribution is 2.10. The highest BCUT2D eigenvalue weighted by atomic mass is 15.2. The lowest BCUT2D eigenvalue weighted by Gasteiger charge is -2.06. The summed E-state index contributed by atoms with van der Waals surface area (Å²) in [5.41, 5.74) is 3.83. The van der Waals surface area contributed by atoms with Crippen LogP contribution < -0.4 is 5.32 Å². The van der Waals surface area contributed by atoms with Crippen molar-refractivity contribution in [2.75, 3.05) is 11.9 Å². The maximum atomic E-state index is 4.15. The van der Waals surface area contributed by atoms with Gasteiger partial charge in [0, 0.05) is 25.5 Å². The number of aryl methyl sites for hydroxylation is 2. The molecule has 90 valence electrons. The van der Waals surface area contributed by atoms with Crippen LogP contribution in [0.4, 0.5) is 5.69 Å². The first-order chi connectivity index (χ1) is 8.28. The molecule has 1 aromatic carbocycles. The van der Waals surface area contributed by atoms with E-state index in [-0.39, 0.29) is 0 Å². The van der Waals surface area contributed by atoms with Crippen LogP contribution >= 0.6 is 0 Å². The van der Waals surface area contributed by atoms with Crippen LogP contribution in [0.25, 0.3) is 0 Å². The monoisotopic (exact) mass is 229 g/mol. The fourth-order valence-corrected chi connectivity index (χ4v) is 1.81. The number of benzene rings is 1. The SMILES string of the molecule is CCc1ccc(NCCc2cnn(C)c2)cc1. The minimum Gasteiger partial charge on any atom is -0.385 e. The van der Waals surface area contributed by atoms with Crippen LogP contribution in [0.5, 0.6) is 0 Å². The number of nitrogens with zero attached hydrogens (tertiary/aromatic N) is 2. The first kappa shape index (κ1) is 11.7. The minimum atomic E-state index is 0.942. The van der Waals surface area contributed by atoms with E-state index in [4.69, 9.17) is 0 Å². The van der Waals surface area contributed by atoms with Crippen molar-refractivity contribution in [1.82, 2.24) is 9.78 Å². The van der Waals surface area contributed by atoms with E-state index in [9.17, 15) is 0 Å². The molecule has 2 aromatic rings. The zero-order chi connectivity index (χ0) is 12.1. The van der Waals surface area contributed by atoms with Crippen molar-refractivity contribution in [3.63, 3.8) is 0 Å². The van der Waals surface area contributed by atoms with E-state index in [0.29, 0.717) is 0 Å².